The quantitative estimate of drug-likeness (QED) is 0.319. The third-order valence-corrected chi connectivity index (χ3v) is 8.62. The maximum atomic E-state index is 13.9. The summed E-state index contributed by atoms with van der Waals surface area (Å²) in [6.07, 6.45) is 0. The van der Waals surface area contributed by atoms with Crippen molar-refractivity contribution in [1.82, 2.24) is 14.5 Å². The summed E-state index contributed by atoms with van der Waals surface area (Å²) in [6.45, 7) is 0. The zero-order valence-electron chi connectivity index (χ0n) is 17.5. The molecule has 0 amide bonds. The molecular weight excluding hydrogens is 483 g/mol. The van der Waals surface area contributed by atoms with E-state index in [2.05, 4.69) is 6.07 Å². The van der Waals surface area contributed by atoms with Crippen molar-refractivity contribution in [3.63, 3.8) is 0 Å². The lowest BCUT2D eigenvalue weighted by atomic mass is 10.0. The highest BCUT2D eigenvalue weighted by molar-refractivity contribution is 7.99. The fourth-order valence-corrected chi connectivity index (χ4v) is 6.68. The van der Waals surface area contributed by atoms with Crippen molar-refractivity contribution in [2.75, 3.05) is 0 Å². The summed E-state index contributed by atoms with van der Waals surface area (Å²) in [5.74, 6) is 0.115. The van der Waals surface area contributed by atoms with Crippen molar-refractivity contribution >= 4 is 51.3 Å². The van der Waals surface area contributed by atoms with Gasteiger partial charge in [-0.05, 0) is 34.5 Å². The number of hydrogen-bond acceptors (Lipinski definition) is 8. The van der Waals surface area contributed by atoms with E-state index < -0.39 is 0 Å². The van der Waals surface area contributed by atoms with E-state index in [0.29, 0.717) is 21.8 Å². The van der Waals surface area contributed by atoms with Crippen molar-refractivity contribution in [3.05, 3.63) is 92.9 Å². The molecule has 1 aromatic carbocycles. The van der Waals surface area contributed by atoms with Gasteiger partial charge in [0.1, 0.15) is 11.9 Å². The highest BCUT2D eigenvalue weighted by Gasteiger charge is 2.32. The van der Waals surface area contributed by atoms with Crippen LogP contribution in [0.5, 0.6) is 0 Å². The van der Waals surface area contributed by atoms with Gasteiger partial charge in [0, 0.05) is 10.4 Å². The third-order valence-electron chi connectivity index (χ3n) is 5.60. The van der Waals surface area contributed by atoms with Gasteiger partial charge in [0.05, 0.1) is 26.8 Å². The molecule has 1 aliphatic heterocycles. The predicted octanol–water partition coefficient (Wildman–Crippen LogP) is 5.75. The van der Waals surface area contributed by atoms with Gasteiger partial charge in [-0.1, -0.05) is 54.2 Å². The second kappa shape index (κ2) is 8.25. The summed E-state index contributed by atoms with van der Waals surface area (Å²) in [4.78, 5) is 25.4. The first kappa shape index (κ1) is 20.9. The maximum absolute atomic E-state index is 13.9. The van der Waals surface area contributed by atoms with Crippen molar-refractivity contribution in [3.8, 4) is 27.1 Å². The van der Waals surface area contributed by atoms with Crippen LogP contribution < -0.4 is 11.3 Å². The van der Waals surface area contributed by atoms with Gasteiger partial charge < -0.3 is 5.73 Å². The number of benzene rings is 1. The maximum Gasteiger partial charge on any atom is 0.270 e. The Hall–Kier alpha value is -3.71. The highest BCUT2D eigenvalue weighted by Crippen LogP contribution is 2.45. The van der Waals surface area contributed by atoms with Crippen molar-refractivity contribution in [1.29, 1.82) is 5.26 Å². The molecule has 5 heterocycles. The van der Waals surface area contributed by atoms with Crippen LogP contribution in [0.4, 0.5) is 0 Å². The minimum absolute atomic E-state index is 0.115. The molecule has 1 unspecified atom stereocenters. The first-order valence-electron chi connectivity index (χ1n) is 10.3. The lowest BCUT2D eigenvalue weighted by molar-refractivity contribution is 0.797. The first-order chi connectivity index (χ1) is 16.7. The van der Waals surface area contributed by atoms with Crippen LogP contribution in [0.2, 0.25) is 0 Å². The van der Waals surface area contributed by atoms with Crippen LogP contribution in [0.1, 0.15) is 10.8 Å². The van der Waals surface area contributed by atoms with Gasteiger partial charge in [-0.15, -0.1) is 22.7 Å². The Balaban J connectivity index is 1.66. The van der Waals surface area contributed by atoms with Gasteiger partial charge in [0.25, 0.3) is 5.56 Å². The normalized spacial score (nSPS) is 15.3. The second-order valence-corrected chi connectivity index (χ2v) is 10.5. The fourth-order valence-electron chi connectivity index (χ4n) is 4.03. The number of thiophene rings is 2. The summed E-state index contributed by atoms with van der Waals surface area (Å²) in [6, 6.07) is 21.7. The average Bonchev–Trinajstić information content (AvgIpc) is 3.58. The lowest BCUT2D eigenvalue weighted by Gasteiger charge is -2.25. The summed E-state index contributed by atoms with van der Waals surface area (Å²) in [5, 5.41) is 14.4. The number of nitrogens with two attached hydrogens (primary N) is 1. The number of thioether (sulfide) groups is 1. The van der Waals surface area contributed by atoms with Crippen molar-refractivity contribution in [2.45, 2.75) is 10.4 Å². The molecule has 0 bridgehead atoms. The Morgan fingerprint density at radius 2 is 1.71 bits per heavy atom. The molecule has 34 heavy (non-hydrogen) atoms. The van der Waals surface area contributed by atoms with Gasteiger partial charge in [-0.3, -0.25) is 4.79 Å². The Morgan fingerprint density at radius 1 is 0.971 bits per heavy atom. The monoisotopic (exact) mass is 497 g/mol. The van der Waals surface area contributed by atoms with E-state index in [1.807, 2.05) is 71.4 Å². The summed E-state index contributed by atoms with van der Waals surface area (Å²) < 4.78 is 1.36. The van der Waals surface area contributed by atoms with Crippen LogP contribution in [0, 0.1) is 11.3 Å². The van der Waals surface area contributed by atoms with Crippen LogP contribution in [-0.2, 0) is 0 Å². The van der Waals surface area contributed by atoms with Crippen LogP contribution in [0.25, 0.3) is 37.9 Å². The molecule has 0 saturated carbocycles. The van der Waals surface area contributed by atoms with E-state index >= 15 is 0 Å². The first-order valence-corrected chi connectivity index (χ1v) is 13.0. The van der Waals surface area contributed by atoms with E-state index in [1.165, 1.54) is 16.3 Å². The fraction of sp³-hybridized carbons (Fsp3) is 0.0400. The Kier molecular flexibility index (Phi) is 5.07. The molecule has 0 radical (unpaired) electrons. The molecule has 0 saturated heterocycles. The molecule has 5 aromatic rings. The standard InChI is InChI=1S/C25H15N5OS3/c26-13-16-21(14-6-2-1-3-7-14)34-25-29-23-20(24(31)30(25)22(16)27)15(18-8-4-10-32-18)12-17(28-23)19-9-5-11-33-19/h1-12,21H,27H2. The third kappa shape index (κ3) is 3.27. The SMILES string of the molecule is N#CC1=C(N)n2c(nc3nc(-c4cccs4)cc(-c4cccs4)c3c2=O)SC1c1ccccc1. The van der Waals surface area contributed by atoms with Crippen molar-refractivity contribution in [2.24, 2.45) is 5.73 Å². The lowest BCUT2D eigenvalue weighted by Crippen LogP contribution is -2.31. The molecule has 0 spiro atoms. The molecule has 0 fully saturated rings. The van der Waals surface area contributed by atoms with Crippen LogP contribution >= 0.6 is 34.4 Å². The van der Waals surface area contributed by atoms with Crippen LogP contribution in [0.3, 0.4) is 0 Å². The van der Waals surface area contributed by atoms with Gasteiger partial charge in [-0.2, -0.15) is 5.26 Å². The summed E-state index contributed by atoms with van der Waals surface area (Å²) >= 11 is 4.47. The number of rotatable bonds is 3. The summed E-state index contributed by atoms with van der Waals surface area (Å²) in [7, 11) is 0. The number of pyridine rings is 1. The van der Waals surface area contributed by atoms with E-state index in [-0.39, 0.29) is 16.6 Å². The Morgan fingerprint density at radius 3 is 2.38 bits per heavy atom. The zero-order valence-corrected chi connectivity index (χ0v) is 20.0. The van der Waals surface area contributed by atoms with E-state index in [0.717, 1.165) is 26.6 Å². The molecule has 0 aliphatic carbocycles. The number of nitrogens with zero attached hydrogens (tertiary/aromatic N) is 4. The van der Waals surface area contributed by atoms with Crippen molar-refractivity contribution < 1.29 is 0 Å². The predicted molar refractivity (Wildman–Crippen MR) is 138 cm³/mol. The minimum Gasteiger partial charge on any atom is -0.384 e. The van der Waals surface area contributed by atoms with E-state index in [4.69, 9.17) is 15.7 Å². The van der Waals surface area contributed by atoms with E-state index in [1.54, 1.807) is 22.7 Å². The molecule has 164 valence electrons. The molecule has 9 heteroatoms. The largest absolute Gasteiger partial charge is 0.384 e. The molecule has 1 atom stereocenters. The van der Waals surface area contributed by atoms with E-state index in [9.17, 15) is 10.1 Å². The second-order valence-electron chi connectivity index (χ2n) is 7.56. The van der Waals surface area contributed by atoms with Gasteiger partial charge in [0.2, 0.25) is 0 Å². The van der Waals surface area contributed by atoms with Gasteiger partial charge in [0.15, 0.2) is 10.8 Å². The minimum atomic E-state index is -0.354. The molecule has 1 aliphatic rings. The smallest absolute Gasteiger partial charge is 0.270 e. The van der Waals surface area contributed by atoms with Gasteiger partial charge in [-0.25, -0.2) is 14.5 Å². The number of aromatic nitrogens is 3. The van der Waals surface area contributed by atoms with Gasteiger partial charge >= 0.3 is 0 Å². The summed E-state index contributed by atoms with van der Waals surface area (Å²) in [5.41, 5.74) is 9.29. The number of fused-ring (bicyclic) bond motifs is 2. The molecule has 2 N–H and O–H groups in total. The molecular formula is C25H15N5OS3. The molecule has 6 rings (SSSR count). The van der Waals surface area contributed by atoms with Crippen LogP contribution in [-0.4, -0.2) is 14.5 Å². The average molecular weight is 498 g/mol. The Labute approximate surface area is 206 Å². The number of hydrogen-bond donors (Lipinski definition) is 1. The molecule has 6 nitrogen and oxygen atoms in total. The number of nitriles is 1. The highest BCUT2D eigenvalue weighted by atomic mass is 32.2. The zero-order chi connectivity index (χ0) is 23.2. The Bertz CT molecular complexity index is 1660. The topological polar surface area (TPSA) is 97.6 Å². The molecule has 4 aromatic heterocycles. The van der Waals surface area contributed by atoms with Crippen LogP contribution in [0.15, 0.2) is 86.9 Å².